The standard InChI is InChI=1S/C10H9N2O3/c11-8(13)5-12-9(14)6-3-1-2-4-7(6)10(12)15/h1-4,8H,5,11H2. The van der Waals surface area contributed by atoms with Crippen molar-refractivity contribution in [3.05, 3.63) is 35.4 Å². The molecular formula is C10H9N2O3. The first-order valence-corrected chi connectivity index (χ1v) is 4.48. The summed E-state index contributed by atoms with van der Waals surface area (Å²) in [4.78, 5) is 24.2. The Morgan fingerprint density at radius 3 is 2.00 bits per heavy atom. The molecule has 0 saturated carbocycles. The highest BCUT2D eigenvalue weighted by atomic mass is 16.3. The van der Waals surface area contributed by atoms with Crippen LogP contribution >= 0.6 is 0 Å². The van der Waals surface area contributed by atoms with Gasteiger partial charge in [0.2, 0.25) is 0 Å². The predicted octanol–water partition coefficient (Wildman–Crippen LogP) is -0.00210. The Hall–Kier alpha value is -1.72. The number of hydrogen-bond acceptors (Lipinski definition) is 3. The van der Waals surface area contributed by atoms with Crippen LogP contribution in [0.4, 0.5) is 0 Å². The van der Waals surface area contributed by atoms with E-state index in [9.17, 15) is 14.7 Å². The molecule has 0 aromatic heterocycles. The molecule has 0 fully saturated rings. The molecule has 15 heavy (non-hydrogen) atoms. The average molecular weight is 205 g/mol. The molecule has 77 valence electrons. The minimum Gasteiger partial charge on any atom is -0.302 e. The minimum absolute atomic E-state index is 0.285. The molecular weight excluding hydrogens is 196 g/mol. The summed E-state index contributed by atoms with van der Waals surface area (Å²) in [5, 5.41) is 10.8. The lowest BCUT2D eigenvalue weighted by Gasteiger charge is -2.13. The molecule has 2 rings (SSSR count). The maximum atomic E-state index is 11.7. The number of amides is 2. The van der Waals surface area contributed by atoms with Crippen molar-refractivity contribution in [2.45, 2.75) is 6.23 Å². The Labute approximate surface area is 86.1 Å². The second-order valence-electron chi connectivity index (χ2n) is 3.30. The molecule has 0 aliphatic carbocycles. The van der Waals surface area contributed by atoms with Crippen LogP contribution in [0.2, 0.25) is 0 Å². The Morgan fingerprint density at radius 1 is 1.13 bits per heavy atom. The number of nitrogens with two attached hydrogens (primary N) is 1. The first-order chi connectivity index (χ1) is 7.11. The highest BCUT2D eigenvalue weighted by Crippen LogP contribution is 2.21. The van der Waals surface area contributed by atoms with Crippen LogP contribution in [0.1, 0.15) is 20.7 Å². The summed E-state index contributed by atoms with van der Waals surface area (Å²) in [6, 6.07) is 6.47. The maximum Gasteiger partial charge on any atom is 0.261 e. The molecule has 1 aromatic rings. The number of rotatable bonds is 2. The van der Waals surface area contributed by atoms with Crippen LogP contribution in [-0.4, -0.2) is 29.5 Å². The quantitative estimate of drug-likeness (QED) is 0.544. The monoisotopic (exact) mass is 205 g/mol. The summed E-state index contributed by atoms with van der Waals surface area (Å²) < 4.78 is 0. The fourth-order valence-electron chi connectivity index (χ4n) is 1.58. The third-order valence-corrected chi connectivity index (χ3v) is 2.24. The largest absolute Gasteiger partial charge is 0.302 e. The number of carbonyl (C=O) groups is 2. The Bertz CT molecular complexity index is 393. The third kappa shape index (κ3) is 1.51. The van der Waals surface area contributed by atoms with E-state index in [1.54, 1.807) is 24.3 Å². The van der Waals surface area contributed by atoms with Gasteiger partial charge in [-0.3, -0.25) is 14.5 Å². The van der Waals surface area contributed by atoms with Crippen molar-refractivity contribution in [2.75, 3.05) is 6.54 Å². The van der Waals surface area contributed by atoms with Crippen LogP contribution in [0.15, 0.2) is 24.3 Å². The van der Waals surface area contributed by atoms with Gasteiger partial charge in [-0.2, -0.15) is 0 Å². The van der Waals surface area contributed by atoms with Crippen molar-refractivity contribution < 1.29 is 14.7 Å². The molecule has 2 amide bonds. The van der Waals surface area contributed by atoms with E-state index in [-0.39, 0.29) is 6.54 Å². The van der Waals surface area contributed by atoms with Gasteiger partial charge in [-0.1, -0.05) is 12.1 Å². The number of hydrogen-bond donors (Lipinski definition) is 1. The normalized spacial score (nSPS) is 16.8. The molecule has 1 aliphatic heterocycles. The number of fused-ring (bicyclic) bond motifs is 1. The molecule has 1 atom stereocenters. The van der Waals surface area contributed by atoms with Crippen LogP contribution < -0.4 is 5.73 Å². The highest BCUT2D eigenvalue weighted by Gasteiger charge is 2.35. The lowest BCUT2D eigenvalue weighted by Crippen LogP contribution is -2.39. The van der Waals surface area contributed by atoms with Gasteiger partial charge < -0.3 is 5.73 Å². The number of carbonyl (C=O) groups excluding carboxylic acids is 2. The van der Waals surface area contributed by atoms with Crippen molar-refractivity contribution in [1.29, 1.82) is 0 Å². The molecule has 0 bridgehead atoms. The molecule has 5 nitrogen and oxygen atoms in total. The smallest absolute Gasteiger partial charge is 0.261 e. The Balaban J connectivity index is 2.37. The summed E-state index contributed by atoms with van der Waals surface area (Å²) in [5.74, 6) is -0.885. The minimum atomic E-state index is -1.45. The van der Waals surface area contributed by atoms with Gasteiger partial charge in [0.1, 0.15) is 0 Å². The van der Waals surface area contributed by atoms with Gasteiger partial charge in [0.05, 0.1) is 17.7 Å². The van der Waals surface area contributed by atoms with E-state index in [1.807, 2.05) is 0 Å². The fourth-order valence-corrected chi connectivity index (χ4v) is 1.58. The van der Waals surface area contributed by atoms with Crippen molar-refractivity contribution >= 4 is 11.8 Å². The molecule has 0 spiro atoms. The fraction of sp³-hybridized carbons (Fsp3) is 0.200. The molecule has 1 aliphatic rings. The van der Waals surface area contributed by atoms with E-state index in [0.717, 1.165) is 4.90 Å². The summed E-state index contributed by atoms with van der Waals surface area (Å²) in [6.07, 6.45) is -1.45. The summed E-state index contributed by atoms with van der Waals surface area (Å²) >= 11 is 0. The summed E-state index contributed by atoms with van der Waals surface area (Å²) in [7, 11) is 0. The highest BCUT2D eigenvalue weighted by molar-refractivity contribution is 6.21. The lowest BCUT2D eigenvalue weighted by molar-refractivity contribution is 0.0401. The maximum absolute atomic E-state index is 11.7. The van der Waals surface area contributed by atoms with Gasteiger partial charge in [0.25, 0.3) is 11.8 Å². The SMILES string of the molecule is NC([O])CN1C(=O)c2ccccc2C1=O. The van der Waals surface area contributed by atoms with Gasteiger partial charge in [0, 0.05) is 0 Å². The van der Waals surface area contributed by atoms with Crippen LogP contribution in [0.5, 0.6) is 0 Å². The number of nitrogens with zero attached hydrogens (tertiary/aromatic N) is 1. The first kappa shape index (κ1) is 9.82. The molecule has 1 aromatic carbocycles. The van der Waals surface area contributed by atoms with E-state index in [0.29, 0.717) is 11.1 Å². The van der Waals surface area contributed by atoms with Crippen molar-refractivity contribution in [3.8, 4) is 0 Å². The van der Waals surface area contributed by atoms with Gasteiger partial charge in [-0.25, -0.2) is 5.11 Å². The summed E-state index contributed by atoms with van der Waals surface area (Å²) in [5.41, 5.74) is 5.70. The molecule has 5 heteroatoms. The van der Waals surface area contributed by atoms with E-state index in [1.165, 1.54) is 0 Å². The second kappa shape index (κ2) is 3.45. The third-order valence-electron chi connectivity index (χ3n) is 2.24. The topological polar surface area (TPSA) is 83.3 Å². The van der Waals surface area contributed by atoms with Gasteiger partial charge in [-0.15, -0.1) is 0 Å². The number of imide groups is 1. The lowest BCUT2D eigenvalue weighted by atomic mass is 10.1. The van der Waals surface area contributed by atoms with E-state index in [4.69, 9.17) is 5.73 Å². The van der Waals surface area contributed by atoms with Crippen LogP contribution in [0.25, 0.3) is 0 Å². The zero-order valence-electron chi connectivity index (χ0n) is 7.84. The molecule has 0 saturated heterocycles. The second-order valence-corrected chi connectivity index (χ2v) is 3.30. The Morgan fingerprint density at radius 2 is 1.60 bits per heavy atom. The summed E-state index contributed by atoms with van der Waals surface area (Å²) in [6.45, 7) is -0.285. The Kier molecular flexibility index (Phi) is 2.26. The zero-order valence-corrected chi connectivity index (χ0v) is 7.84. The molecule has 1 heterocycles. The molecule has 1 unspecified atom stereocenters. The first-order valence-electron chi connectivity index (χ1n) is 4.48. The molecule has 1 radical (unpaired) electrons. The van der Waals surface area contributed by atoms with E-state index >= 15 is 0 Å². The average Bonchev–Trinajstić information content (AvgIpc) is 2.44. The van der Waals surface area contributed by atoms with E-state index < -0.39 is 18.0 Å². The van der Waals surface area contributed by atoms with Gasteiger partial charge >= 0.3 is 0 Å². The van der Waals surface area contributed by atoms with Gasteiger partial charge in [0.15, 0.2) is 6.23 Å². The number of benzene rings is 1. The zero-order chi connectivity index (χ0) is 11.0. The van der Waals surface area contributed by atoms with Crippen LogP contribution in [0.3, 0.4) is 0 Å². The van der Waals surface area contributed by atoms with Gasteiger partial charge in [-0.05, 0) is 12.1 Å². The predicted molar refractivity (Wildman–Crippen MR) is 50.5 cm³/mol. The van der Waals surface area contributed by atoms with Crippen molar-refractivity contribution in [2.24, 2.45) is 5.73 Å². The van der Waals surface area contributed by atoms with Crippen molar-refractivity contribution in [3.63, 3.8) is 0 Å². The van der Waals surface area contributed by atoms with E-state index in [2.05, 4.69) is 0 Å². The van der Waals surface area contributed by atoms with Crippen LogP contribution in [0, 0.1) is 0 Å². The van der Waals surface area contributed by atoms with Crippen molar-refractivity contribution in [1.82, 2.24) is 4.90 Å². The van der Waals surface area contributed by atoms with Crippen LogP contribution in [-0.2, 0) is 5.11 Å². The molecule has 2 N–H and O–H groups in total.